The molecule has 0 saturated heterocycles. The smallest absolute Gasteiger partial charge is 0.407 e. The first-order chi connectivity index (χ1) is 8.76. The van der Waals surface area contributed by atoms with Crippen LogP contribution in [-0.4, -0.2) is 24.3 Å². The second-order valence-corrected chi connectivity index (χ2v) is 5.63. The van der Waals surface area contributed by atoms with Crippen molar-refractivity contribution in [2.45, 2.75) is 46.3 Å². The van der Waals surface area contributed by atoms with Crippen molar-refractivity contribution in [3.8, 4) is 5.75 Å². The number of rotatable bonds is 4. The lowest BCUT2D eigenvalue weighted by Crippen LogP contribution is -2.37. The summed E-state index contributed by atoms with van der Waals surface area (Å²) in [4.78, 5) is 11.5. The molecule has 1 unspecified atom stereocenters. The maximum atomic E-state index is 11.5. The number of benzene rings is 1. The molecule has 0 spiro atoms. The first kappa shape index (κ1) is 15.3. The van der Waals surface area contributed by atoms with Gasteiger partial charge in [-0.05, 0) is 52.3 Å². The third-order valence-corrected chi connectivity index (χ3v) is 2.26. The minimum Gasteiger partial charge on any atom is -0.489 e. The fourth-order valence-electron chi connectivity index (χ4n) is 1.50. The summed E-state index contributed by atoms with van der Waals surface area (Å²) in [6.45, 7) is 9.82. The van der Waals surface area contributed by atoms with E-state index in [1.165, 1.54) is 0 Å². The SMILES string of the molecule is Cc1cccc(OC(C)CNC(=O)OC(C)(C)C)c1. The molecule has 0 aliphatic heterocycles. The number of amides is 1. The van der Waals surface area contributed by atoms with Crippen LogP contribution in [0.3, 0.4) is 0 Å². The Balaban J connectivity index is 2.36. The molecule has 4 nitrogen and oxygen atoms in total. The van der Waals surface area contributed by atoms with E-state index in [0.717, 1.165) is 11.3 Å². The van der Waals surface area contributed by atoms with Gasteiger partial charge in [0.15, 0.2) is 0 Å². The zero-order valence-electron chi connectivity index (χ0n) is 12.3. The van der Waals surface area contributed by atoms with E-state index in [-0.39, 0.29) is 6.10 Å². The van der Waals surface area contributed by atoms with E-state index in [1.54, 1.807) is 0 Å². The second kappa shape index (κ2) is 6.45. The highest BCUT2D eigenvalue weighted by Crippen LogP contribution is 2.14. The molecule has 106 valence electrons. The highest BCUT2D eigenvalue weighted by atomic mass is 16.6. The number of hydrogen-bond acceptors (Lipinski definition) is 3. The standard InChI is InChI=1S/C15H23NO3/c1-11-7-6-8-13(9-11)18-12(2)10-16-14(17)19-15(3,4)5/h6-9,12H,10H2,1-5H3,(H,16,17). The van der Waals surface area contributed by atoms with E-state index in [1.807, 2.05) is 58.9 Å². The first-order valence-electron chi connectivity index (χ1n) is 6.46. The number of nitrogens with one attached hydrogen (secondary N) is 1. The van der Waals surface area contributed by atoms with Gasteiger partial charge in [-0.2, -0.15) is 0 Å². The number of alkyl carbamates (subject to hydrolysis) is 1. The quantitative estimate of drug-likeness (QED) is 0.908. The molecular formula is C15H23NO3. The zero-order chi connectivity index (χ0) is 14.5. The summed E-state index contributed by atoms with van der Waals surface area (Å²) in [6, 6.07) is 7.82. The Morgan fingerprint density at radius 3 is 2.63 bits per heavy atom. The van der Waals surface area contributed by atoms with Crippen molar-refractivity contribution >= 4 is 6.09 Å². The number of carbonyl (C=O) groups excluding carboxylic acids is 1. The lowest BCUT2D eigenvalue weighted by Gasteiger charge is -2.21. The van der Waals surface area contributed by atoms with Crippen LogP contribution in [0.25, 0.3) is 0 Å². The van der Waals surface area contributed by atoms with Gasteiger partial charge in [0.05, 0.1) is 6.54 Å². The Labute approximate surface area is 115 Å². The van der Waals surface area contributed by atoms with Crippen LogP contribution in [0.2, 0.25) is 0 Å². The van der Waals surface area contributed by atoms with Crippen LogP contribution >= 0.6 is 0 Å². The van der Waals surface area contributed by atoms with E-state index in [4.69, 9.17) is 9.47 Å². The van der Waals surface area contributed by atoms with Gasteiger partial charge < -0.3 is 14.8 Å². The molecule has 1 amide bonds. The Morgan fingerprint density at radius 2 is 2.05 bits per heavy atom. The topological polar surface area (TPSA) is 47.6 Å². The molecule has 1 N–H and O–H groups in total. The van der Waals surface area contributed by atoms with Gasteiger partial charge in [-0.3, -0.25) is 0 Å². The van der Waals surface area contributed by atoms with Crippen LogP contribution in [0.15, 0.2) is 24.3 Å². The summed E-state index contributed by atoms with van der Waals surface area (Å²) in [5.74, 6) is 0.804. The molecule has 1 aromatic rings. The molecule has 0 fully saturated rings. The van der Waals surface area contributed by atoms with E-state index >= 15 is 0 Å². The summed E-state index contributed by atoms with van der Waals surface area (Å²) in [5, 5.41) is 2.69. The summed E-state index contributed by atoms with van der Waals surface area (Å²) >= 11 is 0. The van der Waals surface area contributed by atoms with Gasteiger partial charge in [0.1, 0.15) is 17.5 Å². The summed E-state index contributed by atoms with van der Waals surface area (Å²) < 4.78 is 10.9. The minimum absolute atomic E-state index is 0.116. The maximum absolute atomic E-state index is 11.5. The minimum atomic E-state index is -0.481. The molecule has 1 rings (SSSR count). The number of carbonyl (C=O) groups is 1. The fourth-order valence-corrected chi connectivity index (χ4v) is 1.50. The molecule has 1 aromatic carbocycles. The highest BCUT2D eigenvalue weighted by molar-refractivity contribution is 5.67. The Kier molecular flexibility index (Phi) is 5.21. The molecule has 0 aliphatic carbocycles. The molecule has 0 aromatic heterocycles. The molecule has 0 heterocycles. The molecule has 0 bridgehead atoms. The molecule has 0 radical (unpaired) electrons. The molecule has 0 saturated carbocycles. The number of hydrogen-bond donors (Lipinski definition) is 1. The van der Waals surface area contributed by atoms with E-state index in [2.05, 4.69) is 5.32 Å². The molecule has 19 heavy (non-hydrogen) atoms. The average molecular weight is 265 g/mol. The normalized spacial score (nSPS) is 12.7. The van der Waals surface area contributed by atoms with Crippen molar-refractivity contribution in [1.82, 2.24) is 5.32 Å². The Hall–Kier alpha value is -1.71. The Morgan fingerprint density at radius 1 is 1.37 bits per heavy atom. The van der Waals surface area contributed by atoms with Crippen molar-refractivity contribution in [3.05, 3.63) is 29.8 Å². The molecule has 4 heteroatoms. The molecule has 0 aliphatic rings. The lowest BCUT2D eigenvalue weighted by molar-refractivity contribution is 0.0505. The fraction of sp³-hybridized carbons (Fsp3) is 0.533. The molecule has 1 atom stereocenters. The van der Waals surface area contributed by atoms with E-state index in [9.17, 15) is 4.79 Å². The number of aryl methyl sites for hydroxylation is 1. The van der Waals surface area contributed by atoms with Gasteiger partial charge in [-0.15, -0.1) is 0 Å². The second-order valence-electron chi connectivity index (χ2n) is 5.63. The van der Waals surface area contributed by atoms with Crippen LogP contribution in [-0.2, 0) is 4.74 Å². The highest BCUT2D eigenvalue weighted by Gasteiger charge is 2.16. The van der Waals surface area contributed by atoms with Crippen molar-refractivity contribution in [1.29, 1.82) is 0 Å². The summed E-state index contributed by atoms with van der Waals surface area (Å²) in [6.07, 6.45) is -0.540. The van der Waals surface area contributed by atoms with Crippen molar-refractivity contribution < 1.29 is 14.3 Å². The lowest BCUT2D eigenvalue weighted by atomic mass is 10.2. The van der Waals surface area contributed by atoms with Gasteiger partial charge in [-0.25, -0.2) is 4.79 Å². The van der Waals surface area contributed by atoms with Gasteiger partial charge in [-0.1, -0.05) is 12.1 Å². The Bertz CT molecular complexity index is 424. The van der Waals surface area contributed by atoms with Gasteiger partial charge in [0.25, 0.3) is 0 Å². The predicted octanol–water partition coefficient (Wildman–Crippen LogP) is 3.29. The van der Waals surface area contributed by atoms with Crippen molar-refractivity contribution in [2.24, 2.45) is 0 Å². The maximum Gasteiger partial charge on any atom is 0.407 e. The zero-order valence-corrected chi connectivity index (χ0v) is 12.3. The largest absolute Gasteiger partial charge is 0.489 e. The third kappa shape index (κ3) is 6.70. The average Bonchev–Trinajstić information content (AvgIpc) is 2.24. The summed E-state index contributed by atoms with van der Waals surface area (Å²) in [5.41, 5.74) is 0.662. The van der Waals surface area contributed by atoms with Crippen LogP contribution in [0.4, 0.5) is 4.79 Å². The van der Waals surface area contributed by atoms with Crippen molar-refractivity contribution in [3.63, 3.8) is 0 Å². The number of ether oxygens (including phenoxy) is 2. The van der Waals surface area contributed by atoms with Gasteiger partial charge in [0.2, 0.25) is 0 Å². The van der Waals surface area contributed by atoms with Gasteiger partial charge >= 0.3 is 6.09 Å². The van der Waals surface area contributed by atoms with E-state index in [0.29, 0.717) is 6.54 Å². The first-order valence-corrected chi connectivity index (χ1v) is 6.46. The molecular weight excluding hydrogens is 242 g/mol. The van der Waals surface area contributed by atoms with Crippen molar-refractivity contribution in [2.75, 3.05) is 6.54 Å². The summed E-state index contributed by atoms with van der Waals surface area (Å²) in [7, 11) is 0. The van der Waals surface area contributed by atoms with Crippen LogP contribution in [0, 0.1) is 6.92 Å². The third-order valence-electron chi connectivity index (χ3n) is 2.26. The van der Waals surface area contributed by atoms with Crippen LogP contribution < -0.4 is 10.1 Å². The predicted molar refractivity (Wildman–Crippen MR) is 75.5 cm³/mol. The van der Waals surface area contributed by atoms with E-state index < -0.39 is 11.7 Å². The monoisotopic (exact) mass is 265 g/mol. The van der Waals surface area contributed by atoms with Crippen LogP contribution in [0.1, 0.15) is 33.3 Å². The van der Waals surface area contributed by atoms with Gasteiger partial charge in [0, 0.05) is 0 Å². The van der Waals surface area contributed by atoms with Crippen LogP contribution in [0.5, 0.6) is 5.75 Å².